The molecule has 1 aromatic heterocycles. The van der Waals surface area contributed by atoms with Gasteiger partial charge in [-0.05, 0) is 31.4 Å². The number of pyridine rings is 1. The summed E-state index contributed by atoms with van der Waals surface area (Å²) in [5, 5.41) is 6.82. The standard InChI is InChI=1S/C15H27N3/c1-5-11-16-14-9-8-10-15(18-14)17-12(4)13(6-2)7-3/h8-10,12-13H,5-7,11H2,1-4H3,(H2,16,17,18). The van der Waals surface area contributed by atoms with Gasteiger partial charge in [0.25, 0.3) is 0 Å². The number of nitrogens with zero attached hydrogens (tertiary/aromatic N) is 1. The molecule has 102 valence electrons. The van der Waals surface area contributed by atoms with Crippen molar-refractivity contribution in [3.05, 3.63) is 18.2 Å². The van der Waals surface area contributed by atoms with Crippen LogP contribution in [0.25, 0.3) is 0 Å². The molecule has 2 N–H and O–H groups in total. The lowest BCUT2D eigenvalue weighted by molar-refractivity contribution is 0.437. The van der Waals surface area contributed by atoms with E-state index in [9.17, 15) is 0 Å². The maximum atomic E-state index is 4.58. The van der Waals surface area contributed by atoms with Crippen molar-refractivity contribution in [2.75, 3.05) is 17.2 Å². The van der Waals surface area contributed by atoms with Gasteiger partial charge < -0.3 is 10.6 Å². The molecular weight excluding hydrogens is 222 g/mol. The van der Waals surface area contributed by atoms with Gasteiger partial charge in [0.15, 0.2) is 0 Å². The molecule has 0 aromatic carbocycles. The van der Waals surface area contributed by atoms with Crippen LogP contribution in [0.4, 0.5) is 11.6 Å². The lowest BCUT2D eigenvalue weighted by atomic mass is 9.95. The fourth-order valence-corrected chi connectivity index (χ4v) is 2.21. The summed E-state index contributed by atoms with van der Waals surface area (Å²) < 4.78 is 0. The van der Waals surface area contributed by atoms with Crippen LogP contribution >= 0.6 is 0 Å². The molecule has 0 aliphatic carbocycles. The molecule has 3 nitrogen and oxygen atoms in total. The van der Waals surface area contributed by atoms with Crippen molar-refractivity contribution in [1.82, 2.24) is 4.98 Å². The minimum absolute atomic E-state index is 0.467. The summed E-state index contributed by atoms with van der Waals surface area (Å²) in [6.45, 7) is 9.87. The Bertz CT molecular complexity index is 334. The van der Waals surface area contributed by atoms with Crippen molar-refractivity contribution < 1.29 is 0 Å². The fourth-order valence-electron chi connectivity index (χ4n) is 2.21. The van der Waals surface area contributed by atoms with E-state index >= 15 is 0 Å². The Labute approximate surface area is 111 Å². The van der Waals surface area contributed by atoms with Gasteiger partial charge in [-0.3, -0.25) is 0 Å². The summed E-state index contributed by atoms with van der Waals surface area (Å²) in [6, 6.07) is 6.57. The van der Waals surface area contributed by atoms with Crippen LogP contribution in [-0.4, -0.2) is 17.6 Å². The fraction of sp³-hybridized carbons (Fsp3) is 0.667. The first-order valence-corrected chi connectivity index (χ1v) is 7.18. The highest BCUT2D eigenvalue weighted by molar-refractivity contribution is 5.45. The van der Waals surface area contributed by atoms with Crippen molar-refractivity contribution in [3.63, 3.8) is 0 Å². The van der Waals surface area contributed by atoms with Gasteiger partial charge in [0.2, 0.25) is 0 Å². The average molecular weight is 249 g/mol. The van der Waals surface area contributed by atoms with Crippen LogP contribution in [-0.2, 0) is 0 Å². The molecule has 0 fully saturated rings. The van der Waals surface area contributed by atoms with E-state index in [1.165, 1.54) is 12.8 Å². The number of hydrogen-bond acceptors (Lipinski definition) is 3. The molecule has 0 spiro atoms. The smallest absolute Gasteiger partial charge is 0.128 e. The minimum Gasteiger partial charge on any atom is -0.370 e. The Morgan fingerprint density at radius 2 is 1.78 bits per heavy atom. The Morgan fingerprint density at radius 1 is 1.11 bits per heavy atom. The van der Waals surface area contributed by atoms with E-state index in [4.69, 9.17) is 0 Å². The third-order valence-electron chi connectivity index (χ3n) is 3.44. The Kier molecular flexibility index (Phi) is 6.55. The highest BCUT2D eigenvalue weighted by Gasteiger charge is 2.13. The first-order chi connectivity index (χ1) is 8.71. The van der Waals surface area contributed by atoms with Crippen molar-refractivity contribution in [3.8, 4) is 0 Å². The quantitative estimate of drug-likeness (QED) is 0.727. The van der Waals surface area contributed by atoms with Gasteiger partial charge in [0, 0.05) is 12.6 Å². The average Bonchev–Trinajstić information content (AvgIpc) is 2.38. The molecule has 1 heterocycles. The highest BCUT2D eigenvalue weighted by Crippen LogP contribution is 2.17. The maximum Gasteiger partial charge on any atom is 0.128 e. The van der Waals surface area contributed by atoms with E-state index < -0.39 is 0 Å². The Hall–Kier alpha value is -1.25. The molecule has 1 rings (SSSR count). The monoisotopic (exact) mass is 249 g/mol. The van der Waals surface area contributed by atoms with Gasteiger partial charge in [-0.2, -0.15) is 0 Å². The van der Waals surface area contributed by atoms with E-state index in [1.54, 1.807) is 0 Å². The van der Waals surface area contributed by atoms with Crippen molar-refractivity contribution in [1.29, 1.82) is 0 Å². The molecular formula is C15H27N3. The van der Waals surface area contributed by atoms with Gasteiger partial charge in [0.05, 0.1) is 0 Å². The van der Waals surface area contributed by atoms with Crippen LogP contribution in [0.1, 0.15) is 47.0 Å². The third-order valence-corrected chi connectivity index (χ3v) is 3.44. The molecule has 1 unspecified atom stereocenters. The zero-order valence-corrected chi connectivity index (χ0v) is 12.2. The Balaban J connectivity index is 2.60. The minimum atomic E-state index is 0.467. The molecule has 0 saturated carbocycles. The summed E-state index contributed by atoms with van der Waals surface area (Å²) in [5.74, 6) is 2.63. The third kappa shape index (κ3) is 4.55. The predicted octanol–water partition coefficient (Wildman–Crippen LogP) is 4.14. The highest BCUT2D eigenvalue weighted by atomic mass is 15.1. The van der Waals surface area contributed by atoms with Crippen molar-refractivity contribution in [2.24, 2.45) is 5.92 Å². The summed E-state index contributed by atoms with van der Waals surface area (Å²) >= 11 is 0. The molecule has 0 saturated heterocycles. The molecule has 0 radical (unpaired) electrons. The summed E-state index contributed by atoms with van der Waals surface area (Å²) in [4.78, 5) is 4.58. The molecule has 0 aliphatic rings. The van der Waals surface area contributed by atoms with Crippen molar-refractivity contribution >= 4 is 11.6 Å². The van der Waals surface area contributed by atoms with Gasteiger partial charge in [-0.15, -0.1) is 0 Å². The number of anilines is 2. The zero-order chi connectivity index (χ0) is 13.4. The number of hydrogen-bond donors (Lipinski definition) is 2. The maximum absolute atomic E-state index is 4.58. The summed E-state index contributed by atoms with van der Waals surface area (Å²) in [7, 11) is 0. The lowest BCUT2D eigenvalue weighted by Crippen LogP contribution is -2.25. The number of rotatable bonds is 8. The van der Waals surface area contributed by atoms with Crippen LogP contribution in [0.3, 0.4) is 0 Å². The number of aromatic nitrogens is 1. The molecule has 1 atom stereocenters. The second-order valence-corrected chi connectivity index (χ2v) is 4.84. The normalized spacial score (nSPS) is 12.5. The molecule has 3 heteroatoms. The Morgan fingerprint density at radius 3 is 2.39 bits per heavy atom. The second-order valence-electron chi connectivity index (χ2n) is 4.84. The first-order valence-electron chi connectivity index (χ1n) is 7.18. The topological polar surface area (TPSA) is 37.0 Å². The lowest BCUT2D eigenvalue weighted by Gasteiger charge is -2.23. The summed E-state index contributed by atoms with van der Waals surface area (Å²) in [5.41, 5.74) is 0. The van der Waals surface area contributed by atoms with Crippen LogP contribution in [0.15, 0.2) is 18.2 Å². The van der Waals surface area contributed by atoms with Gasteiger partial charge in [0.1, 0.15) is 11.6 Å². The van der Waals surface area contributed by atoms with Crippen LogP contribution in [0.5, 0.6) is 0 Å². The molecule has 0 aliphatic heterocycles. The SMILES string of the molecule is CCCNc1cccc(NC(C)C(CC)CC)n1. The largest absolute Gasteiger partial charge is 0.370 e. The van der Waals surface area contributed by atoms with Crippen molar-refractivity contribution in [2.45, 2.75) is 53.0 Å². The van der Waals surface area contributed by atoms with E-state index in [1.807, 2.05) is 18.2 Å². The molecule has 18 heavy (non-hydrogen) atoms. The number of nitrogens with one attached hydrogen (secondary N) is 2. The predicted molar refractivity (Wildman–Crippen MR) is 80.2 cm³/mol. The van der Waals surface area contributed by atoms with E-state index in [2.05, 4.69) is 43.3 Å². The van der Waals surface area contributed by atoms with Gasteiger partial charge in [-0.25, -0.2) is 4.98 Å². The summed E-state index contributed by atoms with van der Waals surface area (Å²) in [6.07, 6.45) is 3.53. The van der Waals surface area contributed by atoms with E-state index in [-0.39, 0.29) is 0 Å². The zero-order valence-electron chi connectivity index (χ0n) is 12.2. The van der Waals surface area contributed by atoms with Crippen LogP contribution in [0.2, 0.25) is 0 Å². The van der Waals surface area contributed by atoms with Gasteiger partial charge in [-0.1, -0.05) is 39.7 Å². The van der Waals surface area contributed by atoms with Crippen LogP contribution in [0, 0.1) is 5.92 Å². The first kappa shape index (κ1) is 14.8. The van der Waals surface area contributed by atoms with Crippen LogP contribution < -0.4 is 10.6 Å². The second kappa shape index (κ2) is 7.96. The molecule has 1 aromatic rings. The molecule has 0 bridgehead atoms. The molecule has 0 amide bonds. The van der Waals surface area contributed by atoms with E-state index in [0.29, 0.717) is 12.0 Å². The van der Waals surface area contributed by atoms with E-state index in [0.717, 1.165) is 24.6 Å². The van der Waals surface area contributed by atoms with Gasteiger partial charge >= 0.3 is 0 Å².